The van der Waals surface area contributed by atoms with Crippen molar-refractivity contribution in [2.75, 3.05) is 0 Å². The minimum atomic E-state index is -0.746. The zero-order valence-electron chi connectivity index (χ0n) is 11.7. The molecule has 0 radical (unpaired) electrons. The van der Waals surface area contributed by atoms with Gasteiger partial charge in [-0.15, -0.1) is 0 Å². The van der Waals surface area contributed by atoms with Gasteiger partial charge in [-0.05, 0) is 59.8 Å². The van der Waals surface area contributed by atoms with Crippen LogP contribution in [0.2, 0.25) is 0 Å². The first kappa shape index (κ1) is 16.5. The molecule has 22 heavy (non-hydrogen) atoms. The van der Waals surface area contributed by atoms with E-state index in [-0.39, 0.29) is 18.0 Å². The lowest BCUT2D eigenvalue weighted by atomic mass is 10.2. The maximum atomic E-state index is 13.4. The Labute approximate surface area is 140 Å². The molecule has 0 saturated heterocycles. The van der Waals surface area contributed by atoms with Crippen molar-refractivity contribution < 1.29 is 18.4 Å². The van der Waals surface area contributed by atoms with Crippen LogP contribution in [0.5, 0.6) is 0 Å². The van der Waals surface area contributed by atoms with E-state index < -0.39 is 17.8 Å². The van der Waals surface area contributed by atoms with E-state index in [2.05, 4.69) is 10.6 Å². The molecule has 1 unspecified atom stereocenters. The maximum Gasteiger partial charge on any atom is 0.252 e. The highest BCUT2D eigenvalue weighted by atomic mass is 127. The van der Waals surface area contributed by atoms with Gasteiger partial charge < -0.3 is 15.1 Å². The van der Waals surface area contributed by atoms with Gasteiger partial charge in [-0.1, -0.05) is 0 Å². The van der Waals surface area contributed by atoms with Crippen molar-refractivity contribution in [2.24, 2.45) is 0 Å². The monoisotopic (exact) mass is 416 g/mol. The number of carbonyl (C=O) groups excluding carboxylic acids is 2. The van der Waals surface area contributed by atoms with Gasteiger partial charge in [-0.25, -0.2) is 4.39 Å². The van der Waals surface area contributed by atoms with Crippen LogP contribution in [0.1, 0.15) is 23.0 Å². The van der Waals surface area contributed by atoms with Crippen molar-refractivity contribution in [3.05, 3.63) is 57.3 Å². The first-order chi connectivity index (χ1) is 10.5. The molecule has 1 atom stereocenters. The fraction of sp³-hybridized carbons (Fsp3) is 0.200. The van der Waals surface area contributed by atoms with E-state index in [9.17, 15) is 14.0 Å². The Morgan fingerprint density at radius 2 is 2.14 bits per heavy atom. The molecule has 1 heterocycles. The molecule has 2 amide bonds. The molecule has 0 aliphatic heterocycles. The fourth-order valence-corrected chi connectivity index (χ4v) is 2.06. The first-order valence-corrected chi connectivity index (χ1v) is 7.61. The molecule has 116 valence electrons. The zero-order chi connectivity index (χ0) is 16.1. The highest BCUT2D eigenvalue weighted by molar-refractivity contribution is 14.1. The molecular weight excluding hydrogens is 402 g/mol. The highest BCUT2D eigenvalue weighted by Crippen LogP contribution is 2.12. The number of carbonyl (C=O) groups is 2. The Kier molecular flexibility index (Phi) is 5.53. The van der Waals surface area contributed by atoms with Crippen LogP contribution >= 0.6 is 22.6 Å². The smallest absolute Gasteiger partial charge is 0.252 e. The fourth-order valence-electron chi connectivity index (χ4n) is 1.72. The third-order valence-electron chi connectivity index (χ3n) is 2.94. The lowest BCUT2D eigenvalue weighted by molar-refractivity contribution is -0.122. The van der Waals surface area contributed by atoms with Crippen LogP contribution in [-0.4, -0.2) is 17.9 Å². The molecule has 2 rings (SSSR count). The minimum Gasteiger partial charge on any atom is -0.467 e. The van der Waals surface area contributed by atoms with Gasteiger partial charge in [0.1, 0.15) is 17.6 Å². The van der Waals surface area contributed by atoms with Crippen LogP contribution in [0, 0.1) is 9.39 Å². The third kappa shape index (κ3) is 4.30. The minimum absolute atomic E-state index is 0.170. The summed E-state index contributed by atoms with van der Waals surface area (Å²) >= 11 is 1.84. The summed E-state index contributed by atoms with van der Waals surface area (Å²) in [6.07, 6.45) is 1.51. The molecule has 0 spiro atoms. The van der Waals surface area contributed by atoms with Crippen LogP contribution in [0.3, 0.4) is 0 Å². The number of amides is 2. The van der Waals surface area contributed by atoms with Crippen molar-refractivity contribution >= 4 is 34.4 Å². The van der Waals surface area contributed by atoms with Crippen molar-refractivity contribution in [1.29, 1.82) is 0 Å². The number of nitrogens with one attached hydrogen (secondary N) is 2. The molecule has 2 N–H and O–H groups in total. The maximum absolute atomic E-state index is 13.4. The molecule has 0 fully saturated rings. The lowest BCUT2D eigenvalue weighted by Gasteiger charge is -2.13. The van der Waals surface area contributed by atoms with E-state index in [4.69, 9.17) is 4.42 Å². The van der Waals surface area contributed by atoms with Crippen LogP contribution in [0.25, 0.3) is 0 Å². The van der Waals surface area contributed by atoms with E-state index in [0.29, 0.717) is 9.33 Å². The summed E-state index contributed by atoms with van der Waals surface area (Å²) in [7, 11) is 0. The molecule has 5 nitrogen and oxygen atoms in total. The normalized spacial score (nSPS) is 11.8. The van der Waals surface area contributed by atoms with Crippen molar-refractivity contribution in [1.82, 2.24) is 10.6 Å². The molecule has 0 aliphatic rings. The van der Waals surface area contributed by atoms with Gasteiger partial charge in [0.2, 0.25) is 5.91 Å². The Morgan fingerprint density at radius 3 is 2.77 bits per heavy atom. The first-order valence-electron chi connectivity index (χ1n) is 6.53. The SMILES string of the molecule is CC(NC(=O)c1ccc(I)c(F)c1)C(=O)NCc1ccco1. The van der Waals surface area contributed by atoms with Crippen LogP contribution in [-0.2, 0) is 11.3 Å². The Hall–Kier alpha value is -1.90. The summed E-state index contributed by atoms with van der Waals surface area (Å²) in [5.41, 5.74) is 0.170. The summed E-state index contributed by atoms with van der Waals surface area (Å²) in [5, 5.41) is 5.16. The van der Waals surface area contributed by atoms with Gasteiger partial charge in [0, 0.05) is 9.13 Å². The molecule has 0 bridgehead atoms. The van der Waals surface area contributed by atoms with Gasteiger partial charge in [0.25, 0.3) is 5.91 Å². The highest BCUT2D eigenvalue weighted by Gasteiger charge is 2.17. The Morgan fingerprint density at radius 1 is 1.36 bits per heavy atom. The summed E-state index contributed by atoms with van der Waals surface area (Å²) in [4.78, 5) is 23.9. The van der Waals surface area contributed by atoms with E-state index in [0.717, 1.165) is 6.07 Å². The van der Waals surface area contributed by atoms with Crippen LogP contribution in [0.15, 0.2) is 41.0 Å². The summed E-state index contributed by atoms with van der Waals surface area (Å²) < 4.78 is 19.0. The van der Waals surface area contributed by atoms with Gasteiger partial charge in [-0.3, -0.25) is 9.59 Å². The number of hydrogen-bond acceptors (Lipinski definition) is 3. The second-order valence-corrected chi connectivity index (χ2v) is 5.78. The third-order valence-corrected chi connectivity index (χ3v) is 3.81. The predicted molar refractivity (Wildman–Crippen MR) is 86.6 cm³/mol. The van der Waals surface area contributed by atoms with Crippen molar-refractivity contribution in [3.63, 3.8) is 0 Å². The molecule has 1 aromatic carbocycles. The van der Waals surface area contributed by atoms with Crippen molar-refractivity contribution in [2.45, 2.75) is 19.5 Å². The zero-order valence-corrected chi connectivity index (χ0v) is 13.9. The van der Waals surface area contributed by atoms with Crippen LogP contribution in [0.4, 0.5) is 4.39 Å². The molecule has 1 aromatic heterocycles. The average Bonchev–Trinajstić information content (AvgIpc) is 3.00. The topological polar surface area (TPSA) is 71.3 Å². The Bertz CT molecular complexity index is 673. The van der Waals surface area contributed by atoms with Gasteiger partial charge in [0.05, 0.1) is 12.8 Å². The van der Waals surface area contributed by atoms with Gasteiger partial charge in [0.15, 0.2) is 0 Å². The van der Waals surface area contributed by atoms with Crippen molar-refractivity contribution in [3.8, 4) is 0 Å². The summed E-state index contributed by atoms with van der Waals surface area (Å²) in [5.74, 6) is -0.707. The molecule has 7 heteroatoms. The second kappa shape index (κ2) is 7.39. The standard InChI is InChI=1S/C15H14FIN2O3/c1-9(14(20)18-8-11-3-2-6-22-11)19-15(21)10-4-5-13(17)12(16)7-10/h2-7,9H,8H2,1H3,(H,18,20)(H,19,21). The van der Waals surface area contributed by atoms with E-state index in [1.54, 1.807) is 19.1 Å². The molecule has 2 aromatic rings. The lowest BCUT2D eigenvalue weighted by Crippen LogP contribution is -2.44. The summed E-state index contributed by atoms with van der Waals surface area (Å²) in [6, 6.07) is 6.87. The predicted octanol–water partition coefficient (Wildman–Crippen LogP) is 2.46. The molecule has 0 aliphatic carbocycles. The number of halogens is 2. The largest absolute Gasteiger partial charge is 0.467 e. The summed E-state index contributed by atoms with van der Waals surface area (Å²) in [6.45, 7) is 1.79. The van der Waals surface area contributed by atoms with E-state index >= 15 is 0 Å². The van der Waals surface area contributed by atoms with E-state index in [1.165, 1.54) is 18.4 Å². The number of rotatable bonds is 5. The Balaban J connectivity index is 1.89. The second-order valence-electron chi connectivity index (χ2n) is 4.62. The average molecular weight is 416 g/mol. The van der Waals surface area contributed by atoms with Gasteiger partial charge in [-0.2, -0.15) is 0 Å². The number of hydrogen-bond donors (Lipinski definition) is 2. The van der Waals surface area contributed by atoms with E-state index in [1.807, 2.05) is 22.6 Å². The molecule has 0 saturated carbocycles. The quantitative estimate of drug-likeness (QED) is 0.736. The van der Waals surface area contributed by atoms with Crippen LogP contribution < -0.4 is 10.6 Å². The van der Waals surface area contributed by atoms with Gasteiger partial charge >= 0.3 is 0 Å². The number of furan rings is 1. The molecular formula is C15H14FIN2O3. The number of benzene rings is 1.